The van der Waals surface area contributed by atoms with Gasteiger partial charge in [-0.05, 0) is 12.8 Å². The van der Waals surface area contributed by atoms with Gasteiger partial charge >= 0.3 is 0 Å². The van der Waals surface area contributed by atoms with Crippen molar-refractivity contribution >= 4 is 6.34 Å². The summed E-state index contributed by atoms with van der Waals surface area (Å²) in [6, 6.07) is 0. The van der Waals surface area contributed by atoms with Crippen molar-refractivity contribution in [3.05, 3.63) is 0 Å². The quantitative estimate of drug-likeness (QED) is 0.233. The average molecular weight is 114 g/mol. The van der Waals surface area contributed by atoms with Gasteiger partial charge in [0.15, 0.2) is 0 Å². The van der Waals surface area contributed by atoms with Crippen molar-refractivity contribution in [2.45, 2.75) is 12.8 Å². The highest BCUT2D eigenvalue weighted by Gasteiger charge is 2.06. The second kappa shape index (κ2) is 2.55. The van der Waals surface area contributed by atoms with Crippen LogP contribution >= 0.6 is 0 Å². The third-order valence-corrected chi connectivity index (χ3v) is 1.36. The maximum atomic E-state index is 8.05. The molecule has 0 atom stereocenters. The largest absolute Gasteiger partial charge is 0.410 e. The van der Waals surface area contributed by atoms with Crippen molar-refractivity contribution in [3.8, 4) is 0 Å². The van der Waals surface area contributed by atoms with E-state index in [9.17, 15) is 0 Å². The molecule has 1 saturated heterocycles. The van der Waals surface area contributed by atoms with E-state index in [0.29, 0.717) is 0 Å². The highest BCUT2D eigenvalue weighted by atomic mass is 16.4. The lowest BCUT2D eigenvalue weighted by molar-refractivity contribution is 0.311. The monoisotopic (exact) mass is 114 g/mol. The fourth-order valence-electron chi connectivity index (χ4n) is 0.930. The van der Waals surface area contributed by atoms with E-state index in [1.165, 1.54) is 19.2 Å². The minimum absolute atomic E-state index is 1.05. The number of oxime groups is 1. The van der Waals surface area contributed by atoms with Crippen LogP contribution in [-0.2, 0) is 0 Å². The second-order valence-electron chi connectivity index (χ2n) is 1.97. The van der Waals surface area contributed by atoms with E-state index in [1.54, 1.807) is 0 Å². The van der Waals surface area contributed by atoms with Gasteiger partial charge in [0.05, 0.1) is 0 Å². The highest BCUT2D eigenvalue weighted by Crippen LogP contribution is 2.03. The van der Waals surface area contributed by atoms with Gasteiger partial charge in [0.25, 0.3) is 0 Å². The standard InChI is InChI=1S/C5H10N2O/c8-6-5-7-3-1-2-4-7/h5,8H,1-4H2. The van der Waals surface area contributed by atoms with Gasteiger partial charge in [-0.25, -0.2) is 0 Å². The van der Waals surface area contributed by atoms with E-state index in [4.69, 9.17) is 5.21 Å². The molecule has 0 aliphatic carbocycles. The van der Waals surface area contributed by atoms with Crippen LogP contribution in [0.25, 0.3) is 0 Å². The molecule has 1 heterocycles. The molecule has 0 aromatic heterocycles. The fraction of sp³-hybridized carbons (Fsp3) is 0.800. The molecule has 0 unspecified atom stereocenters. The fourth-order valence-corrected chi connectivity index (χ4v) is 0.930. The van der Waals surface area contributed by atoms with Crippen molar-refractivity contribution < 1.29 is 5.21 Å². The highest BCUT2D eigenvalue weighted by molar-refractivity contribution is 5.54. The van der Waals surface area contributed by atoms with Crippen LogP contribution in [0.3, 0.4) is 0 Å². The Kier molecular flexibility index (Phi) is 1.72. The van der Waals surface area contributed by atoms with Gasteiger partial charge < -0.3 is 10.1 Å². The van der Waals surface area contributed by atoms with Crippen LogP contribution < -0.4 is 0 Å². The molecule has 1 aliphatic heterocycles. The molecule has 0 bridgehead atoms. The molecule has 8 heavy (non-hydrogen) atoms. The molecule has 0 saturated carbocycles. The topological polar surface area (TPSA) is 35.8 Å². The summed E-state index contributed by atoms with van der Waals surface area (Å²) < 4.78 is 0. The predicted molar refractivity (Wildman–Crippen MR) is 31.1 cm³/mol. The van der Waals surface area contributed by atoms with E-state index in [0.717, 1.165) is 13.1 Å². The van der Waals surface area contributed by atoms with Crippen LogP contribution in [0.4, 0.5) is 0 Å². The maximum Gasteiger partial charge on any atom is 0.130 e. The van der Waals surface area contributed by atoms with E-state index < -0.39 is 0 Å². The predicted octanol–water partition coefficient (Wildman–Crippen LogP) is 0.500. The summed E-state index contributed by atoms with van der Waals surface area (Å²) >= 11 is 0. The Morgan fingerprint density at radius 1 is 1.38 bits per heavy atom. The lowest BCUT2D eigenvalue weighted by Crippen LogP contribution is -2.15. The maximum absolute atomic E-state index is 8.05. The van der Waals surface area contributed by atoms with Crippen molar-refractivity contribution in [2.75, 3.05) is 13.1 Å². The minimum atomic E-state index is 1.05. The normalized spacial score (nSPS) is 20.8. The van der Waals surface area contributed by atoms with E-state index >= 15 is 0 Å². The zero-order valence-corrected chi connectivity index (χ0v) is 4.75. The van der Waals surface area contributed by atoms with Crippen molar-refractivity contribution in [1.29, 1.82) is 0 Å². The molecule has 0 spiro atoms. The Morgan fingerprint density at radius 3 is 2.50 bits per heavy atom. The molecule has 0 aromatic carbocycles. The summed E-state index contributed by atoms with van der Waals surface area (Å²) in [7, 11) is 0. The molecule has 3 nitrogen and oxygen atoms in total. The van der Waals surface area contributed by atoms with Gasteiger partial charge in [0, 0.05) is 13.1 Å². The first kappa shape index (κ1) is 5.41. The minimum Gasteiger partial charge on any atom is -0.410 e. The third kappa shape index (κ3) is 1.12. The first-order valence-electron chi connectivity index (χ1n) is 2.85. The molecule has 1 aliphatic rings. The average Bonchev–Trinajstić information content (AvgIpc) is 2.19. The molecule has 1 rings (SSSR count). The number of hydrogen-bond donors (Lipinski definition) is 1. The van der Waals surface area contributed by atoms with E-state index in [1.807, 2.05) is 4.90 Å². The van der Waals surface area contributed by atoms with Crippen LogP contribution in [0.2, 0.25) is 0 Å². The first-order valence-corrected chi connectivity index (χ1v) is 2.85. The molecule has 1 N–H and O–H groups in total. The van der Waals surface area contributed by atoms with Crippen LogP contribution in [0.15, 0.2) is 5.16 Å². The molecule has 3 heteroatoms. The van der Waals surface area contributed by atoms with Crippen molar-refractivity contribution in [3.63, 3.8) is 0 Å². The van der Waals surface area contributed by atoms with Gasteiger partial charge in [0.1, 0.15) is 6.34 Å². The molecular formula is C5H10N2O. The van der Waals surface area contributed by atoms with E-state index in [2.05, 4.69) is 5.16 Å². The summed E-state index contributed by atoms with van der Waals surface area (Å²) in [5, 5.41) is 11.0. The SMILES string of the molecule is ON=CN1CCCC1. The zero-order chi connectivity index (χ0) is 5.82. The molecule has 46 valence electrons. The molecule has 0 aromatic rings. The second-order valence-corrected chi connectivity index (χ2v) is 1.97. The summed E-state index contributed by atoms with van der Waals surface area (Å²) in [5.74, 6) is 0. The number of nitrogens with zero attached hydrogens (tertiary/aromatic N) is 2. The van der Waals surface area contributed by atoms with Crippen LogP contribution in [0, 0.1) is 0 Å². The van der Waals surface area contributed by atoms with Gasteiger partial charge in [-0.3, -0.25) is 0 Å². The Bertz CT molecular complexity index is 86.4. The Labute approximate surface area is 48.6 Å². The summed E-state index contributed by atoms with van der Waals surface area (Å²) in [6.45, 7) is 2.09. The van der Waals surface area contributed by atoms with Crippen LogP contribution in [-0.4, -0.2) is 29.5 Å². The molecule has 1 fully saturated rings. The lowest BCUT2D eigenvalue weighted by atomic mass is 10.4. The summed E-state index contributed by atoms with van der Waals surface area (Å²) in [6.07, 6.45) is 3.94. The Balaban J connectivity index is 2.24. The Hall–Kier alpha value is -0.730. The summed E-state index contributed by atoms with van der Waals surface area (Å²) in [5.41, 5.74) is 0. The van der Waals surface area contributed by atoms with Gasteiger partial charge in [-0.1, -0.05) is 5.16 Å². The number of likely N-dealkylation sites (tertiary alicyclic amines) is 1. The van der Waals surface area contributed by atoms with Gasteiger partial charge in [-0.15, -0.1) is 0 Å². The van der Waals surface area contributed by atoms with E-state index in [-0.39, 0.29) is 0 Å². The van der Waals surface area contributed by atoms with Crippen LogP contribution in [0.5, 0.6) is 0 Å². The third-order valence-electron chi connectivity index (χ3n) is 1.36. The Morgan fingerprint density at radius 2 is 2.00 bits per heavy atom. The van der Waals surface area contributed by atoms with Crippen LogP contribution in [0.1, 0.15) is 12.8 Å². The smallest absolute Gasteiger partial charge is 0.130 e. The van der Waals surface area contributed by atoms with Crippen molar-refractivity contribution in [1.82, 2.24) is 4.90 Å². The first-order chi connectivity index (χ1) is 3.93. The van der Waals surface area contributed by atoms with Gasteiger partial charge in [-0.2, -0.15) is 0 Å². The lowest BCUT2D eigenvalue weighted by Gasteiger charge is -2.05. The number of hydrogen-bond acceptors (Lipinski definition) is 2. The van der Waals surface area contributed by atoms with Crippen molar-refractivity contribution in [2.24, 2.45) is 5.16 Å². The zero-order valence-electron chi connectivity index (χ0n) is 4.75. The molecule has 0 amide bonds. The molecule has 0 radical (unpaired) electrons. The molecular weight excluding hydrogens is 104 g/mol. The summed E-state index contributed by atoms with van der Waals surface area (Å²) in [4.78, 5) is 2.00. The number of rotatable bonds is 1. The van der Waals surface area contributed by atoms with Gasteiger partial charge in [0.2, 0.25) is 0 Å².